The first-order chi connectivity index (χ1) is 10.8. The van der Waals surface area contributed by atoms with Crippen molar-refractivity contribution in [3.63, 3.8) is 0 Å². The topological polar surface area (TPSA) is 43.1 Å². The first-order valence-corrected chi connectivity index (χ1v) is 7.16. The maximum Gasteiger partial charge on any atom is 0.251 e. The van der Waals surface area contributed by atoms with E-state index in [9.17, 15) is 0 Å². The van der Waals surface area contributed by atoms with Crippen molar-refractivity contribution in [1.29, 1.82) is 0 Å². The normalized spacial score (nSPS) is 11.0. The predicted octanol–water partition coefficient (Wildman–Crippen LogP) is 3.77. The highest BCUT2D eigenvalue weighted by atomic mass is 15.3. The fraction of sp³-hybridized carbons (Fsp3) is 0.0556. The van der Waals surface area contributed by atoms with Gasteiger partial charge in [0.25, 0.3) is 5.78 Å². The van der Waals surface area contributed by atoms with E-state index in [1.807, 2.05) is 73.8 Å². The van der Waals surface area contributed by atoms with Crippen LogP contribution < -0.4 is 0 Å². The molecule has 0 atom stereocenters. The van der Waals surface area contributed by atoms with Gasteiger partial charge in [0, 0.05) is 11.1 Å². The molecule has 4 aromatic rings. The average molecular weight is 286 g/mol. The molecule has 0 aliphatic carbocycles. The summed E-state index contributed by atoms with van der Waals surface area (Å²) in [5.74, 6) is 0.621. The highest BCUT2D eigenvalue weighted by molar-refractivity contribution is 5.78. The Balaban J connectivity index is 2.04. The van der Waals surface area contributed by atoms with Crippen molar-refractivity contribution in [3.05, 3.63) is 72.6 Å². The van der Waals surface area contributed by atoms with Crippen LogP contribution in [-0.2, 0) is 0 Å². The van der Waals surface area contributed by atoms with E-state index in [1.165, 1.54) is 0 Å². The monoisotopic (exact) mass is 286 g/mol. The number of hydrogen-bond donors (Lipinski definition) is 0. The molecule has 0 aliphatic rings. The molecule has 2 aromatic heterocycles. The van der Waals surface area contributed by atoms with Crippen molar-refractivity contribution in [2.45, 2.75) is 6.92 Å². The van der Waals surface area contributed by atoms with Crippen LogP contribution in [0.25, 0.3) is 28.3 Å². The minimum atomic E-state index is 0.621. The quantitative estimate of drug-likeness (QED) is 0.563. The van der Waals surface area contributed by atoms with Crippen molar-refractivity contribution in [2.75, 3.05) is 0 Å². The number of aryl methyl sites for hydroxylation is 1. The summed E-state index contributed by atoms with van der Waals surface area (Å²) in [7, 11) is 0. The number of rotatable bonds is 2. The number of benzene rings is 2. The molecule has 0 saturated carbocycles. The summed E-state index contributed by atoms with van der Waals surface area (Å²) in [4.78, 5) is 9.16. The molecule has 0 radical (unpaired) electrons. The second kappa shape index (κ2) is 5.07. The predicted molar refractivity (Wildman–Crippen MR) is 86.4 cm³/mol. The molecule has 0 bridgehead atoms. The van der Waals surface area contributed by atoms with E-state index in [2.05, 4.69) is 4.98 Å². The largest absolute Gasteiger partial charge is 0.251 e. The second-order valence-corrected chi connectivity index (χ2v) is 5.17. The average Bonchev–Trinajstić information content (AvgIpc) is 2.94. The fourth-order valence-electron chi connectivity index (χ4n) is 2.52. The van der Waals surface area contributed by atoms with Crippen LogP contribution >= 0.6 is 0 Å². The summed E-state index contributed by atoms with van der Waals surface area (Å²) in [6.07, 6.45) is 1.89. The van der Waals surface area contributed by atoms with E-state index >= 15 is 0 Å². The van der Waals surface area contributed by atoms with Gasteiger partial charge in [-0.1, -0.05) is 60.7 Å². The Morgan fingerprint density at radius 1 is 0.727 bits per heavy atom. The van der Waals surface area contributed by atoms with Gasteiger partial charge in [-0.15, -0.1) is 0 Å². The highest BCUT2D eigenvalue weighted by Gasteiger charge is 2.14. The smallest absolute Gasteiger partial charge is 0.215 e. The molecule has 22 heavy (non-hydrogen) atoms. The summed E-state index contributed by atoms with van der Waals surface area (Å²) < 4.78 is 1.74. The Hall–Kier alpha value is -3.01. The Morgan fingerprint density at radius 2 is 1.32 bits per heavy atom. The van der Waals surface area contributed by atoms with Crippen molar-refractivity contribution < 1.29 is 0 Å². The summed E-state index contributed by atoms with van der Waals surface area (Å²) in [6.45, 7) is 1.95. The number of imidazole rings is 1. The second-order valence-electron chi connectivity index (χ2n) is 5.17. The molecule has 4 heteroatoms. The van der Waals surface area contributed by atoms with Crippen LogP contribution in [0.3, 0.4) is 0 Å². The third-order valence-corrected chi connectivity index (χ3v) is 3.53. The molecule has 0 spiro atoms. The molecular formula is C18H14N4. The number of aromatic nitrogens is 4. The van der Waals surface area contributed by atoms with Gasteiger partial charge in [-0.3, -0.25) is 0 Å². The lowest BCUT2D eigenvalue weighted by atomic mass is 10.0. The van der Waals surface area contributed by atoms with Crippen LogP contribution in [0.5, 0.6) is 0 Å². The molecule has 106 valence electrons. The Morgan fingerprint density at radius 3 is 1.95 bits per heavy atom. The molecule has 2 aromatic carbocycles. The number of hydrogen-bond acceptors (Lipinski definition) is 3. The van der Waals surface area contributed by atoms with Gasteiger partial charge in [-0.05, 0) is 6.92 Å². The van der Waals surface area contributed by atoms with Crippen LogP contribution in [-0.4, -0.2) is 19.6 Å². The van der Waals surface area contributed by atoms with Gasteiger partial charge in [0.1, 0.15) is 11.4 Å². The summed E-state index contributed by atoms with van der Waals surface area (Å²) in [5, 5.41) is 4.73. The van der Waals surface area contributed by atoms with Crippen LogP contribution in [0, 0.1) is 6.92 Å². The lowest BCUT2D eigenvalue weighted by Crippen LogP contribution is -2.00. The zero-order valence-electron chi connectivity index (χ0n) is 12.1. The molecule has 4 nitrogen and oxygen atoms in total. The van der Waals surface area contributed by atoms with Crippen molar-refractivity contribution in [1.82, 2.24) is 19.6 Å². The SMILES string of the molecule is Cc1cn2nc(-c3ccccc3)c(-c3ccccc3)nc2n1. The summed E-state index contributed by atoms with van der Waals surface area (Å²) in [5.41, 5.74) is 4.70. The van der Waals surface area contributed by atoms with Crippen LogP contribution in [0.4, 0.5) is 0 Å². The van der Waals surface area contributed by atoms with Gasteiger partial charge in [0.2, 0.25) is 0 Å². The third kappa shape index (κ3) is 2.15. The van der Waals surface area contributed by atoms with Gasteiger partial charge in [0.15, 0.2) is 0 Å². The molecule has 0 N–H and O–H groups in total. The summed E-state index contributed by atoms with van der Waals surface area (Å²) in [6, 6.07) is 20.2. The molecule has 0 amide bonds. The lowest BCUT2D eigenvalue weighted by Gasteiger charge is -2.08. The van der Waals surface area contributed by atoms with E-state index in [0.717, 1.165) is 28.2 Å². The molecule has 0 unspecified atom stereocenters. The van der Waals surface area contributed by atoms with Crippen molar-refractivity contribution in [3.8, 4) is 22.5 Å². The van der Waals surface area contributed by atoms with Gasteiger partial charge < -0.3 is 0 Å². The molecule has 4 rings (SSSR count). The minimum absolute atomic E-state index is 0.621. The highest BCUT2D eigenvalue weighted by Crippen LogP contribution is 2.28. The molecule has 2 heterocycles. The van der Waals surface area contributed by atoms with Gasteiger partial charge in [-0.2, -0.15) is 5.10 Å². The van der Waals surface area contributed by atoms with Crippen LogP contribution in [0.1, 0.15) is 5.69 Å². The maximum atomic E-state index is 4.73. The van der Waals surface area contributed by atoms with E-state index < -0.39 is 0 Å². The molecule has 0 fully saturated rings. The Labute approximate surface area is 128 Å². The first-order valence-electron chi connectivity index (χ1n) is 7.16. The Bertz CT molecular complexity index is 851. The first kappa shape index (κ1) is 12.7. The van der Waals surface area contributed by atoms with Gasteiger partial charge in [0.05, 0.1) is 11.9 Å². The zero-order chi connectivity index (χ0) is 14.9. The van der Waals surface area contributed by atoms with E-state index in [4.69, 9.17) is 10.1 Å². The summed E-state index contributed by atoms with van der Waals surface area (Å²) >= 11 is 0. The molecule has 0 aliphatic heterocycles. The number of nitrogens with zero attached hydrogens (tertiary/aromatic N) is 4. The van der Waals surface area contributed by atoms with E-state index in [1.54, 1.807) is 4.52 Å². The lowest BCUT2D eigenvalue weighted by molar-refractivity contribution is 0.912. The Kier molecular flexibility index (Phi) is 2.93. The standard InChI is InChI=1S/C18H14N4/c1-13-12-22-18(19-13)20-16(14-8-4-2-5-9-14)17(21-22)15-10-6-3-7-11-15/h2-12H,1H3. The number of fused-ring (bicyclic) bond motifs is 1. The van der Waals surface area contributed by atoms with E-state index in [-0.39, 0.29) is 0 Å². The van der Waals surface area contributed by atoms with Gasteiger partial charge >= 0.3 is 0 Å². The van der Waals surface area contributed by atoms with E-state index in [0.29, 0.717) is 5.78 Å². The maximum absolute atomic E-state index is 4.73. The fourth-order valence-corrected chi connectivity index (χ4v) is 2.52. The van der Waals surface area contributed by atoms with Crippen LogP contribution in [0.15, 0.2) is 66.9 Å². The minimum Gasteiger partial charge on any atom is -0.215 e. The zero-order valence-corrected chi connectivity index (χ0v) is 12.1. The van der Waals surface area contributed by atoms with Crippen molar-refractivity contribution >= 4 is 5.78 Å². The van der Waals surface area contributed by atoms with Gasteiger partial charge in [-0.25, -0.2) is 14.5 Å². The van der Waals surface area contributed by atoms with Crippen LogP contribution in [0.2, 0.25) is 0 Å². The van der Waals surface area contributed by atoms with Crippen molar-refractivity contribution in [2.24, 2.45) is 0 Å². The molecular weight excluding hydrogens is 272 g/mol. The third-order valence-electron chi connectivity index (χ3n) is 3.53. The molecule has 0 saturated heterocycles.